The van der Waals surface area contributed by atoms with Crippen LogP contribution in [0.3, 0.4) is 0 Å². The molecular weight excluding hydrogens is 277 g/mol. The number of hydrogen-bond acceptors (Lipinski definition) is 2. The molecule has 5 heteroatoms. The molecule has 1 atom stereocenters. The van der Waals surface area contributed by atoms with Crippen molar-refractivity contribution in [3.05, 3.63) is 34.9 Å². The number of rotatable bonds is 5. The van der Waals surface area contributed by atoms with E-state index in [2.05, 4.69) is 36.2 Å². The van der Waals surface area contributed by atoms with Gasteiger partial charge in [0.05, 0.1) is 6.54 Å². The lowest BCUT2D eigenvalue weighted by Crippen LogP contribution is -2.35. The monoisotopic (exact) mass is 300 g/mol. The standard InChI is InChI=1S/C16H23F3N2/c1-3-15-14-6-5-12(10-20-11-16(17,18)19)9-13(14)7-8-21(15)4-2/h5-6,9,15,20H,3-4,7-8,10-11H2,1-2H3. The second-order valence-electron chi connectivity index (χ2n) is 5.55. The molecule has 1 N–H and O–H groups in total. The van der Waals surface area contributed by atoms with E-state index in [1.54, 1.807) is 0 Å². The van der Waals surface area contributed by atoms with E-state index in [1.165, 1.54) is 11.1 Å². The molecule has 0 fully saturated rings. The molecule has 118 valence electrons. The molecule has 1 unspecified atom stereocenters. The van der Waals surface area contributed by atoms with Crippen LogP contribution in [0.5, 0.6) is 0 Å². The van der Waals surface area contributed by atoms with Gasteiger partial charge in [0, 0.05) is 19.1 Å². The fraction of sp³-hybridized carbons (Fsp3) is 0.625. The maximum atomic E-state index is 12.1. The first-order valence-electron chi connectivity index (χ1n) is 7.57. The van der Waals surface area contributed by atoms with Gasteiger partial charge in [-0.1, -0.05) is 32.0 Å². The lowest BCUT2D eigenvalue weighted by Gasteiger charge is -2.36. The van der Waals surface area contributed by atoms with Crippen molar-refractivity contribution in [2.24, 2.45) is 0 Å². The van der Waals surface area contributed by atoms with E-state index in [0.29, 0.717) is 6.04 Å². The summed E-state index contributed by atoms with van der Waals surface area (Å²) in [4.78, 5) is 2.46. The van der Waals surface area contributed by atoms with E-state index < -0.39 is 12.7 Å². The minimum absolute atomic E-state index is 0.265. The van der Waals surface area contributed by atoms with Crippen molar-refractivity contribution < 1.29 is 13.2 Å². The maximum absolute atomic E-state index is 12.1. The van der Waals surface area contributed by atoms with Gasteiger partial charge in [-0.05, 0) is 36.1 Å². The summed E-state index contributed by atoms with van der Waals surface area (Å²) in [6, 6.07) is 6.55. The molecule has 1 aromatic rings. The molecule has 2 rings (SSSR count). The zero-order valence-electron chi connectivity index (χ0n) is 12.6. The lowest BCUT2D eigenvalue weighted by molar-refractivity contribution is -0.125. The SMILES string of the molecule is CCC1c2ccc(CNCC(F)(F)F)cc2CCN1CC. The number of benzene rings is 1. The van der Waals surface area contributed by atoms with Gasteiger partial charge in [0.15, 0.2) is 0 Å². The smallest absolute Gasteiger partial charge is 0.305 e. The summed E-state index contributed by atoms with van der Waals surface area (Å²) in [6.07, 6.45) is -2.11. The summed E-state index contributed by atoms with van der Waals surface area (Å²) in [5, 5.41) is 2.46. The zero-order valence-corrected chi connectivity index (χ0v) is 12.6. The van der Waals surface area contributed by atoms with Crippen molar-refractivity contribution in [2.45, 2.75) is 45.5 Å². The van der Waals surface area contributed by atoms with E-state index in [-0.39, 0.29) is 6.54 Å². The second kappa shape index (κ2) is 6.79. The summed E-state index contributed by atoms with van der Waals surface area (Å²) in [7, 11) is 0. The molecule has 0 amide bonds. The van der Waals surface area contributed by atoms with Gasteiger partial charge in [0.1, 0.15) is 0 Å². The van der Waals surface area contributed by atoms with Gasteiger partial charge in [-0.25, -0.2) is 0 Å². The topological polar surface area (TPSA) is 15.3 Å². The van der Waals surface area contributed by atoms with Gasteiger partial charge in [0.25, 0.3) is 0 Å². The summed E-state index contributed by atoms with van der Waals surface area (Å²) in [5.74, 6) is 0. The van der Waals surface area contributed by atoms with Crippen LogP contribution < -0.4 is 5.32 Å². The highest BCUT2D eigenvalue weighted by Gasteiger charge is 2.27. The first-order valence-corrected chi connectivity index (χ1v) is 7.57. The van der Waals surface area contributed by atoms with E-state index in [0.717, 1.165) is 31.5 Å². The molecule has 0 saturated carbocycles. The number of nitrogens with zero attached hydrogens (tertiary/aromatic N) is 1. The summed E-state index contributed by atoms with van der Waals surface area (Å²) >= 11 is 0. The average molecular weight is 300 g/mol. The van der Waals surface area contributed by atoms with Crippen molar-refractivity contribution in [3.8, 4) is 0 Å². The Morgan fingerprint density at radius 2 is 2.05 bits per heavy atom. The molecule has 0 spiro atoms. The van der Waals surface area contributed by atoms with E-state index in [1.807, 2.05) is 6.07 Å². The third kappa shape index (κ3) is 4.20. The highest BCUT2D eigenvalue weighted by atomic mass is 19.4. The number of nitrogens with one attached hydrogen (secondary N) is 1. The Hall–Kier alpha value is -1.07. The molecule has 0 aliphatic carbocycles. The van der Waals surface area contributed by atoms with E-state index in [4.69, 9.17) is 0 Å². The van der Waals surface area contributed by atoms with Crippen molar-refractivity contribution in [3.63, 3.8) is 0 Å². The number of alkyl halides is 3. The first kappa shape index (κ1) is 16.3. The number of fused-ring (bicyclic) bond motifs is 1. The van der Waals surface area contributed by atoms with Crippen molar-refractivity contribution in [2.75, 3.05) is 19.6 Å². The van der Waals surface area contributed by atoms with Gasteiger partial charge in [0.2, 0.25) is 0 Å². The highest BCUT2D eigenvalue weighted by Crippen LogP contribution is 2.32. The van der Waals surface area contributed by atoms with Crippen LogP contribution in [0.25, 0.3) is 0 Å². The van der Waals surface area contributed by atoms with E-state index >= 15 is 0 Å². The quantitative estimate of drug-likeness (QED) is 0.892. The largest absolute Gasteiger partial charge is 0.401 e. The van der Waals surface area contributed by atoms with Crippen LogP contribution in [-0.2, 0) is 13.0 Å². The highest BCUT2D eigenvalue weighted by molar-refractivity contribution is 5.36. The molecule has 1 aliphatic rings. The first-order chi connectivity index (χ1) is 9.94. The summed E-state index contributed by atoms with van der Waals surface area (Å²) in [5.41, 5.74) is 3.56. The lowest BCUT2D eigenvalue weighted by atomic mass is 9.89. The van der Waals surface area contributed by atoms with Crippen LogP contribution in [0.15, 0.2) is 18.2 Å². The molecule has 2 nitrogen and oxygen atoms in total. The molecule has 0 bridgehead atoms. The van der Waals surface area contributed by atoms with Gasteiger partial charge in [-0.2, -0.15) is 13.2 Å². The fourth-order valence-electron chi connectivity index (χ4n) is 3.13. The predicted molar refractivity (Wildman–Crippen MR) is 78.2 cm³/mol. The Kier molecular flexibility index (Phi) is 5.27. The van der Waals surface area contributed by atoms with Crippen LogP contribution in [0.2, 0.25) is 0 Å². The predicted octanol–water partition coefficient (Wildman–Crippen LogP) is 3.67. The molecule has 1 aromatic carbocycles. The third-order valence-electron chi connectivity index (χ3n) is 4.12. The Morgan fingerprint density at radius 3 is 2.67 bits per heavy atom. The van der Waals surface area contributed by atoms with Gasteiger partial charge in [-0.3, -0.25) is 4.90 Å². The maximum Gasteiger partial charge on any atom is 0.401 e. The fourth-order valence-corrected chi connectivity index (χ4v) is 3.13. The number of likely N-dealkylation sites (N-methyl/N-ethyl adjacent to an activating group) is 1. The van der Waals surface area contributed by atoms with Crippen molar-refractivity contribution in [1.82, 2.24) is 10.2 Å². The summed E-state index contributed by atoms with van der Waals surface area (Å²) in [6.45, 7) is 5.74. The van der Waals surface area contributed by atoms with Crippen LogP contribution in [0.4, 0.5) is 13.2 Å². The molecule has 0 saturated heterocycles. The normalized spacial score (nSPS) is 19.6. The Balaban J connectivity index is 2.06. The van der Waals surface area contributed by atoms with Crippen LogP contribution >= 0.6 is 0 Å². The minimum Gasteiger partial charge on any atom is -0.305 e. The number of hydrogen-bond donors (Lipinski definition) is 1. The zero-order chi connectivity index (χ0) is 15.5. The van der Waals surface area contributed by atoms with Crippen LogP contribution in [0, 0.1) is 0 Å². The van der Waals surface area contributed by atoms with Gasteiger partial charge < -0.3 is 5.32 Å². The van der Waals surface area contributed by atoms with Gasteiger partial charge in [-0.15, -0.1) is 0 Å². The molecular formula is C16H23F3N2. The Labute approximate surface area is 124 Å². The minimum atomic E-state index is -4.15. The average Bonchev–Trinajstić information content (AvgIpc) is 2.44. The van der Waals surface area contributed by atoms with Crippen molar-refractivity contribution in [1.29, 1.82) is 0 Å². The molecule has 21 heavy (non-hydrogen) atoms. The van der Waals surface area contributed by atoms with Crippen LogP contribution in [0.1, 0.15) is 43.0 Å². The summed E-state index contributed by atoms with van der Waals surface area (Å²) < 4.78 is 36.4. The molecule has 0 radical (unpaired) electrons. The number of halogens is 3. The molecule has 1 heterocycles. The van der Waals surface area contributed by atoms with Crippen molar-refractivity contribution >= 4 is 0 Å². The Morgan fingerprint density at radius 1 is 1.29 bits per heavy atom. The van der Waals surface area contributed by atoms with Crippen LogP contribution in [-0.4, -0.2) is 30.7 Å². The van der Waals surface area contributed by atoms with Gasteiger partial charge >= 0.3 is 6.18 Å². The molecule has 0 aromatic heterocycles. The second-order valence-corrected chi connectivity index (χ2v) is 5.55. The third-order valence-corrected chi connectivity index (χ3v) is 4.12. The Bertz CT molecular complexity index is 471. The van der Waals surface area contributed by atoms with E-state index in [9.17, 15) is 13.2 Å². The molecule has 1 aliphatic heterocycles.